The fourth-order valence-electron chi connectivity index (χ4n) is 2.27. The number of furan rings is 1. The van der Waals surface area contributed by atoms with Crippen LogP contribution in [-0.4, -0.2) is 37.0 Å². The Morgan fingerprint density at radius 2 is 2.16 bits per heavy atom. The molecule has 1 amide bonds. The zero-order chi connectivity index (χ0) is 14.0. The van der Waals surface area contributed by atoms with Gasteiger partial charge in [-0.15, -0.1) is 0 Å². The molecule has 1 fully saturated rings. The van der Waals surface area contributed by atoms with E-state index in [0.717, 1.165) is 0 Å². The molecule has 0 saturated heterocycles. The third-order valence-electron chi connectivity index (χ3n) is 3.99. The number of rotatable bonds is 4. The maximum atomic E-state index is 12.2. The molecule has 0 bridgehead atoms. The van der Waals surface area contributed by atoms with Gasteiger partial charge in [0.05, 0.1) is 12.7 Å². The normalized spacial score (nSPS) is 16.6. The Morgan fingerprint density at radius 3 is 2.68 bits per heavy atom. The van der Waals surface area contributed by atoms with Crippen LogP contribution in [0.2, 0.25) is 0 Å². The molecule has 104 valence electrons. The molecule has 0 unspecified atom stereocenters. The highest BCUT2D eigenvalue weighted by Crippen LogP contribution is 2.32. The number of nitrogens with zero attached hydrogens (tertiary/aromatic N) is 1. The maximum absolute atomic E-state index is 12.2. The Hall–Kier alpha value is -1.78. The summed E-state index contributed by atoms with van der Waals surface area (Å²) < 4.78 is 9.74. The number of hydrogen-bond acceptors (Lipinski definition) is 4. The van der Waals surface area contributed by atoms with Gasteiger partial charge in [0.1, 0.15) is 6.26 Å². The van der Waals surface area contributed by atoms with Crippen LogP contribution in [-0.2, 0) is 4.74 Å². The lowest BCUT2D eigenvalue weighted by Gasteiger charge is -2.36. The summed E-state index contributed by atoms with van der Waals surface area (Å²) in [5.74, 6) is 0.0464. The Morgan fingerprint density at radius 1 is 1.47 bits per heavy atom. The summed E-state index contributed by atoms with van der Waals surface area (Å²) in [7, 11) is 3.06. The first-order chi connectivity index (χ1) is 9.04. The zero-order valence-corrected chi connectivity index (χ0v) is 11.5. The van der Waals surface area contributed by atoms with Crippen LogP contribution in [0.5, 0.6) is 0 Å². The van der Waals surface area contributed by atoms with E-state index in [9.17, 15) is 9.59 Å². The fourth-order valence-corrected chi connectivity index (χ4v) is 2.27. The summed E-state index contributed by atoms with van der Waals surface area (Å²) >= 11 is 0. The van der Waals surface area contributed by atoms with Crippen LogP contribution in [0.3, 0.4) is 0 Å². The first-order valence-electron chi connectivity index (χ1n) is 6.48. The minimum Gasteiger partial charge on any atom is -0.465 e. The molecule has 5 heteroatoms. The van der Waals surface area contributed by atoms with Gasteiger partial charge >= 0.3 is 5.97 Å². The van der Waals surface area contributed by atoms with Gasteiger partial charge in [0.25, 0.3) is 5.91 Å². The molecule has 1 atom stereocenters. The summed E-state index contributed by atoms with van der Waals surface area (Å²) in [5.41, 5.74) is 0.260. The monoisotopic (exact) mass is 265 g/mol. The Kier molecular flexibility index (Phi) is 3.93. The van der Waals surface area contributed by atoms with Crippen molar-refractivity contribution < 1.29 is 18.7 Å². The lowest BCUT2D eigenvalue weighted by atomic mass is 9.80. The number of carbonyl (C=O) groups is 2. The van der Waals surface area contributed by atoms with Crippen LogP contribution in [0.1, 0.15) is 47.1 Å². The quantitative estimate of drug-likeness (QED) is 0.784. The average Bonchev–Trinajstić information content (AvgIpc) is 2.83. The van der Waals surface area contributed by atoms with Crippen LogP contribution >= 0.6 is 0 Å². The Labute approximate surface area is 112 Å². The molecule has 0 N–H and O–H groups in total. The first-order valence-corrected chi connectivity index (χ1v) is 6.48. The smallest absolute Gasteiger partial charge is 0.341 e. The zero-order valence-electron chi connectivity index (χ0n) is 11.5. The molecule has 0 aromatic carbocycles. The second kappa shape index (κ2) is 5.47. The number of methoxy groups -OCH3 is 1. The van der Waals surface area contributed by atoms with Crippen molar-refractivity contribution in [2.75, 3.05) is 14.2 Å². The molecule has 19 heavy (non-hydrogen) atoms. The van der Waals surface area contributed by atoms with E-state index in [1.165, 1.54) is 38.7 Å². The largest absolute Gasteiger partial charge is 0.465 e. The van der Waals surface area contributed by atoms with Crippen molar-refractivity contribution in [2.24, 2.45) is 5.92 Å². The number of amides is 1. The summed E-state index contributed by atoms with van der Waals surface area (Å²) in [5, 5.41) is 0. The summed E-state index contributed by atoms with van der Waals surface area (Å²) in [4.78, 5) is 25.2. The van der Waals surface area contributed by atoms with Gasteiger partial charge in [-0.1, -0.05) is 6.42 Å². The van der Waals surface area contributed by atoms with Crippen LogP contribution in [0.15, 0.2) is 16.7 Å². The van der Waals surface area contributed by atoms with Crippen molar-refractivity contribution in [1.82, 2.24) is 4.90 Å². The van der Waals surface area contributed by atoms with E-state index in [4.69, 9.17) is 4.42 Å². The van der Waals surface area contributed by atoms with Gasteiger partial charge in [0.2, 0.25) is 0 Å². The number of ether oxygens (including phenoxy) is 1. The molecule has 1 aliphatic carbocycles. The van der Waals surface area contributed by atoms with Crippen molar-refractivity contribution in [1.29, 1.82) is 0 Å². The van der Waals surface area contributed by atoms with Gasteiger partial charge in [-0.05, 0) is 25.7 Å². The van der Waals surface area contributed by atoms with Gasteiger partial charge < -0.3 is 14.1 Å². The third kappa shape index (κ3) is 2.64. The van der Waals surface area contributed by atoms with Gasteiger partial charge in [-0.25, -0.2) is 4.79 Å². The molecule has 0 radical (unpaired) electrons. The van der Waals surface area contributed by atoms with Gasteiger partial charge in [0, 0.05) is 19.2 Å². The molecule has 0 aliphatic heterocycles. The van der Waals surface area contributed by atoms with Crippen LogP contribution in [0, 0.1) is 5.92 Å². The van der Waals surface area contributed by atoms with Crippen LogP contribution < -0.4 is 0 Å². The lowest BCUT2D eigenvalue weighted by Crippen LogP contribution is -2.42. The molecular formula is C14H19NO4. The lowest BCUT2D eigenvalue weighted by molar-refractivity contribution is 0.0592. The van der Waals surface area contributed by atoms with Crippen molar-refractivity contribution in [2.45, 2.75) is 32.2 Å². The highest BCUT2D eigenvalue weighted by molar-refractivity contribution is 5.96. The molecule has 1 heterocycles. The van der Waals surface area contributed by atoms with Gasteiger partial charge in [-0.2, -0.15) is 0 Å². The molecule has 1 saturated carbocycles. The standard InChI is InChI=1S/C14H19NO4/c1-9(10-5-4-6-10)15(2)13(16)12-7-11(8-19-12)14(17)18-3/h7-10H,4-6H2,1-3H3/t9-/m1/s1. The second-order valence-corrected chi connectivity index (χ2v) is 5.04. The molecule has 1 aromatic rings. The SMILES string of the molecule is COC(=O)c1coc(C(=O)N(C)[C@H](C)C2CCC2)c1. The number of hydrogen-bond donors (Lipinski definition) is 0. The maximum Gasteiger partial charge on any atom is 0.341 e. The van der Waals surface area contributed by atoms with Crippen molar-refractivity contribution >= 4 is 11.9 Å². The average molecular weight is 265 g/mol. The van der Waals surface area contributed by atoms with E-state index in [1.807, 2.05) is 6.92 Å². The number of esters is 1. The molecule has 5 nitrogen and oxygen atoms in total. The van der Waals surface area contributed by atoms with Gasteiger partial charge in [-0.3, -0.25) is 4.79 Å². The first kappa shape index (κ1) is 13.6. The van der Waals surface area contributed by atoms with Crippen molar-refractivity contribution in [3.63, 3.8) is 0 Å². The van der Waals surface area contributed by atoms with Crippen LogP contribution in [0.25, 0.3) is 0 Å². The fraction of sp³-hybridized carbons (Fsp3) is 0.571. The summed E-state index contributed by atoms with van der Waals surface area (Å²) in [6.07, 6.45) is 4.83. The summed E-state index contributed by atoms with van der Waals surface area (Å²) in [6, 6.07) is 1.62. The minimum atomic E-state index is -0.502. The van der Waals surface area contributed by atoms with Crippen LogP contribution in [0.4, 0.5) is 0 Å². The number of carbonyl (C=O) groups excluding carboxylic acids is 2. The highest BCUT2D eigenvalue weighted by atomic mass is 16.5. The van der Waals surface area contributed by atoms with Gasteiger partial charge in [0.15, 0.2) is 5.76 Å². The van der Waals surface area contributed by atoms with Crippen molar-refractivity contribution in [3.8, 4) is 0 Å². The molecular weight excluding hydrogens is 246 g/mol. The van der Waals surface area contributed by atoms with E-state index in [2.05, 4.69) is 4.74 Å². The Balaban J connectivity index is 2.06. The predicted octanol–water partition coefficient (Wildman–Crippen LogP) is 2.33. The predicted molar refractivity (Wildman–Crippen MR) is 68.9 cm³/mol. The second-order valence-electron chi connectivity index (χ2n) is 5.04. The Bertz CT molecular complexity index is 476. The molecule has 0 spiro atoms. The van der Waals surface area contributed by atoms with Crippen molar-refractivity contribution in [3.05, 3.63) is 23.7 Å². The van der Waals surface area contributed by atoms with E-state index < -0.39 is 5.97 Å². The van der Waals surface area contributed by atoms with E-state index >= 15 is 0 Å². The van der Waals surface area contributed by atoms with E-state index in [0.29, 0.717) is 5.92 Å². The molecule has 1 aliphatic rings. The topological polar surface area (TPSA) is 59.8 Å². The highest BCUT2D eigenvalue weighted by Gasteiger charge is 2.30. The third-order valence-corrected chi connectivity index (χ3v) is 3.99. The van der Waals surface area contributed by atoms with E-state index in [-0.39, 0.29) is 23.3 Å². The molecule has 2 rings (SSSR count). The molecule has 1 aromatic heterocycles. The minimum absolute atomic E-state index is 0.175. The van der Waals surface area contributed by atoms with E-state index in [1.54, 1.807) is 11.9 Å². The summed E-state index contributed by atoms with van der Waals surface area (Å²) in [6.45, 7) is 2.05.